The summed E-state index contributed by atoms with van der Waals surface area (Å²) in [5.74, 6) is 0. The van der Waals surface area contributed by atoms with Crippen LogP contribution in [0.5, 0.6) is 0 Å². The minimum absolute atomic E-state index is 0.0584. The number of hydrogen-bond donors (Lipinski definition) is 0. The van der Waals surface area contributed by atoms with Crippen LogP contribution in [0, 0.1) is 0 Å². The molecule has 0 radical (unpaired) electrons. The van der Waals surface area contributed by atoms with Gasteiger partial charge < -0.3 is 0 Å². The van der Waals surface area contributed by atoms with E-state index in [2.05, 4.69) is 0 Å². The number of benzene rings is 2. The third kappa shape index (κ3) is 2.35. The van der Waals surface area contributed by atoms with Gasteiger partial charge in [0.2, 0.25) is 10.0 Å². The van der Waals surface area contributed by atoms with Gasteiger partial charge in [-0.1, -0.05) is 41.9 Å². The second-order valence-corrected chi connectivity index (χ2v) is 7.11. The van der Waals surface area contributed by atoms with Crippen molar-refractivity contribution in [2.75, 3.05) is 6.54 Å². The zero-order valence-corrected chi connectivity index (χ0v) is 12.3. The standard InChI is InChI=1S/C15H14ClNO2S/c16-13-6-8-14(9-7-13)20(18,19)17-11-10-15(17)12-4-2-1-3-5-12/h1-9,15H,10-11H2. The summed E-state index contributed by atoms with van der Waals surface area (Å²) in [5.41, 5.74) is 1.04. The van der Waals surface area contributed by atoms with Crippen LogP contribution >= 0.6 is 11.6 Å². The van der Waals surface area contributed by atoms with Crippen LogP contribution in [-0.4, -0.2) is 19.3 Å². The molecule has 0 saturated carbocycles. The van der Waals surface area contributed by atoms with E-state index < -0.39 is 10.0 Å². The van der Waals surface area contributed by atoms with Gasteiger partial charge >= 0.3 is 0 Å². The van der Waals surface area contributed by atoms with Crippen LogP contribution in [0.25, 0.3) is 0 Å². The lowest BCUT2D eigenvalue weighted by Gasteiger charge is -2.40. The average Bonchev–Trinajstić information content (AvgIpc) is 2.38. The van der Waals surface area contributed by atoms with E-state index in [0.717, 1.165) is 12.0 Å². The highest BCUT2D eigenvalue weighted by molar-refractivity contribution is 7.89. The lowest BCUT2D eigenvalue weighted by Crippen LogP contribution is -2.44. The summed E-state index contributed by atoms with van der Waals surface area (Å²) in [6, 6.07) is 16.0. The lowest BCUT2D eigenvalue weighted by molar-refractivity contribution is 0.202. The van der Waals surface area contributed by atoms with Gasteiger partial charge in [0.1, 0.15) is 0 Å². The molecule has 1 saturated heterocycles. The summed E-state index contributed by atoms with van der Waals surface area (Å²) in [7, 11) is -3.44. The largest absolute Gasteiger partial charge is 0.243 e. The van der Waals surface area contributed by atoms with Crippen molar-refractivity contribution < 1.29 is 8.42 Å². The molecule has 1 aliphatic rings. The number of halogens is 1. The van der Waals surface area contributed by atoms with Gasteiger partial charge in [0.25, 0.3) is 0 Å². The van der Waals surface area contributed by atoms with Crippen LogP contribution in [0.2, 0.25) is 5.02 Å². The first kappa shape index (κ1) is 13.6. The predicted molar refractivity (Wildman–Crippen MR) is 79.1 cm³/mol. The first-order valence-electron chi connectivity index (χ1n) is 6.41. The van der Waals surface area contributed by atoms with Crippen molar-refractivity contribution in [1.29, 1.82) is 0 Å². The summed E-state index contributed by atoms with van der Waals surface area (Å²) in [6.45, 7) is 0.560. The summed E-state index contributed by atoms with van der Waals surface area (Å²) >= 11 is 5.81. The maximum Gasteiger partial charge on any atom is 0.243 e. The number of sulfonamides is 1. The van der Waals surface area contributed by atoms with Gasteiger partial charge in [0, 0.05) is 11.6 Å². The smallest absolute Gasteiger partial charge is 0.207 e. The van der Waals surface area contributed by atoms with Crippen molar-refractivity contribution in [3.8, 4) is 0 Å². The molecular weight excluding hydrogens is 294 g/mol. The van der Waals surface area contributed by atoms with E-state index in [0.29, 0.717) is 16.5 Å². The summed E-state index contributed by atoms with van der Waals surface area (Å²) in [5, 5.41) is 0.534. The van der Waals surface area contributed by atoms with Crippen molar-refractivity contribution in [3.63, 3.8) is 0 Å². The molecule has 0 bridgehead atoms. The summed E-state index contributed by atoms with van der Waals surface area (Å²) < 4.78 is 26.7. The molecule has 1 heterocycles. The van der Waals surface area contributed by atoms with Crippen LogP contribution in [0.3, 0.4) is 0 Å². The molecule has 2 aromatic rings. The Balaban J connectivity index is 1.91. The second-order valence-electron chi connectivity index (χ2n) is 4.78. The van der Waals surface area contributed by atoms with Crippen molar-refractivity contribution >= 4 is 21.6 Å². The fourth-order valence-electron chi connectivity index (χ4n) is 2.40. The lowest BCUT2D eigenvalue weighted by atomic mass is 9.98. The van der Waals surface area contributed by atoms with Crippen molar-refractivity contribution in [3.05, 3.63) is 65.2 Å². The van der Waals surface area contributed by atoms with E-state index in [4.69, 9.17) is 11.6 Å². The molecule has 0 amide bonds. The molecule has 1 atom stereocenters. The Morgan fingerprint density at radius 2 is 1.65 bits per heavy atom. The predicted octanol–water partition coefficient (Wildman–Crippen LogP) is 3.48. The monoisotopic (exact) mass is 307 g/mol. The van der Waals surface area contributed by atoms with E-state index in [1.54, 1.807) is 28.6 Å². The molecule has 1 fully saturated rings. The van der Waals surface area contributed by atoms with Gasteiger partial charge in [-0.3, -0.25) is 0 Å². The Hall–Kier alpha value is -1.36. The normalized spacial score (nSPS) is 19.6. The van der Waals surface area contributed by atoms with Gasteiger partial charge in [-0.2, -0.15) is 4.31 Å². The zero-order chi connectivity index (χ0) is 14.2. The van der Waals surface area contributed by atoms with Crippen LogP contribution < -0.4 is 0 Å². The molecule has 1 aliphatic heterocycles. The van der Waals surface area contributed by atoms with Gasteiger partial charge in [-0.15, -0.1) is 0 Å². The number of hydrogen-bond acceptors (Lipinski definition) is 2. The molecule has 0 N–H and O–H groups in total. The molecule has 20 heavy (non-hydrogen) atoms. The Morgan fingerprint density at radius 1 is 1.00 bits per heavy atom. The van der Waals surface area contributed by atoms with Crippen molar-refractivity contribution in [2.45, 2.75) is 17.4 Å². The molecule has 0 aliphatic carbocycles. The molecule has 1 unspecified atom stereocenters. The molecule has 5 heteroatoms. The van der Waals surface area contributed by atoms with Gasteiger partial charge in [0.05, 0.1) is 10.9 Å². The summed E-state index contributed by atoms with van der Waals surface area (Å²) in [6.07, 6.45) is 0.858. The fourth-order valence-corrected chi connectivity index (χ4v) is 4.19. The maximum atomic E-state index is 12.6. The fraction of sp³-hybridized carbons (Fsp3) is 0.200. The molecule has 0 aromatic heterocycles. The topological polar surface area (TPSA) is 37.4 Å². The highest BCUT2D eigenvalue weighted by Gasteiger charge is 2.39. The highest BCUT2D eigenvalue weighted by atomic mass is 35.5. The highest BCUT2D eigenvalue weighted by Crippen LogP contribution is 2.38. The molecule has 0 spiro atoms. The van der Waals surface area contributed by atoms with Crippen molar-refractivity contribution in [2.24, 2.45) is 0 Å². The van der Waals surface area contributed by atoms with Crippen LogP contribution in [-0.2, 0) is 10.0 Å². The van der Waals surface area contributed by atoms with Crippen LogP contribution in [0.4, 0.5) is 0 Å². The first-order chi connectivity index (χ1) is 9.59. The van der Waals surface area contributed by atoms with E-state index >= 15 is 0 Å². The zero-order valence-electron chi connectivity index (χ0n) is 10.7. The maximum absolute atomic E-state index is 12.6. The first-order valence-corrected chi connectivity index (χ1v) is 8.23. The van der Waals surface area contributed by atoms with E-state index in [9.17, 15) is 8.42 Å². The number of rotatable bonds is 3. The summed E-state index contributed by atoms with van der Waals surface area (Å²) in [4.78, 5) is 0.294. The Morgan fingerprint density at radius 3 is 2.20 bits per heavy atom. The third-order valence-corrected chi connectivity index (χ3v) is 5.75. The third-order valence-electron chi connectivity index (χ3n) is 3.58. The SMILES string of the molecule is O=S(=O)(c1ccc(Cl)cc1)N1CCC1c1ccccc1. The quantitative estimate of drug-likeness (QED) is 0.870. The molecule has 3 nitrogen and oxygen atoms in total. The Labute approximate surface area is 123 Å². The molecular formula is C15H14ClNO2S. The van der Waals surface area contributed by atoms with E-state index in [1.165, 1.54) is 0 Å². The van der Waals surface area contributed by atoms with E-state index in [1.807, 2.05) is 30.3 Å². The number of nitrogens with zero attached hydrogens (tertiary/aromatic N) is 1. The van der Waals surface area contributed by atoms with Gasteiger partial charge in [0.15, 0.2) is 0 Å². The van der Waals surface area contributed by atoms with Gasteiger partial charge in [-0.05, 0) is 36.2 Å². The van der Waals surface area contributed by atoms with Crippen molar-refractivity contribution in [1.82, 2.24) is 4.31 Å². The average molecular weight is 308 g/mol. The van der Waals surface area contributed by atoms with Gasteiger partial charge in [-0.25, -0.2) is 8.42 Å². The Bertz CT molecular complexity index is 698. The second kappa shape index (κ2) is 5.20. The molecule has 3 rings (SSSR count). The van der Waals surface area contributed by atoms with E-state index in [-0.39, 0.29) is 6.04 Å². The minimum atomic E-state index is -3.44. The Kier molecular flexibility index (Phi) is 3.54. The minimum Gasteiger partial charge on any atom is -0.207 e. The molecule has 104 valence electrons. The van der Waals surface area contributed by atoms with Crippen LogP contribution in [0.15, 0.2) is 59.5 Å². The molecule has 2 aromatic carbocycles. The van der Waals surface area contributed by atoms with Crippen LogP contribution in [0.1, 0.15) is 18.0 Å².